The van der Waals surface area contributed by atoms with Gasteiger partial charge in [-0.1, -0.05) is 51.4 Å². The molecule has 0 aromatic carbocycles. The predicted octanol–water partition coefficient (Wildman–Crippen LogP) is 6.44. The van der Waals surface area contributed by atoms with E-state index in [1.54, 1.807) is 11.3 Å². The number of amides is 1. The lowest BCUT2D eigenvalue weighted by Crippen LogP contribution is -2.07. The highest BCUT2D eigenvalue weighted by atomic mass is 32.1. The van der Waals surface area contributed by atoms with Crippen molar-refractivity contribution < 1.29 is 4.79 Å². The Morgan fingerprint density at radius 2 is 1.75 bits per heavy atom. The standard InChI is InChI=1S/C19H27N3OS/c20-22-21-19(23)17-13-24-18-12-15-7-5-3-1-2-4-6-14(8-9-15)10-11-16(17)18/h13-15H,1-12H2. The topological polar surface area (TPSA) is 65.8 Å². The van der Waals surface area contributed by atoms with Crippen LogP contribution >= 0.6 is 11.3 Å². The summed E-state index contributed by atoms with van der Waals surface area (Å²) in [6.45, 7) is 0. The second kappa shape index (κ2) is 8.68. The highest BCUT2D eigenvalue weighted by Crippen LogP contribution is 2.36. The maximum absolute atomic E-state index is 12.1. The molecule has 0 N–H and O–H groups in total. The molecule has 3 rings (SSSR count). The first-order valence-electron chi connectivity index (χ1n) is 9.46. The van der Waals surface area contributed by atoms with Gasteiger partial charge < -0.3 is 0 Å². The van der Waals surface area contributed by atoms with Gasteiger partial charge in [0, 0.05) is 20.7 Å². The summed E-state index contributed by atoms with van der Waals surface area (Å²) < 4.78 is 0. The van der Waals surface area contributed by atoms with Crippen molar-refractivity contribution in [3.8, 4) is 0 Å². The maximum Gasteiger partial charge on any atom is 0.250 e. The molecule has 24 heavy (non-hydrogen) atoms. The Kier molecular flexibility index (Phi) is 6.33. The molecule has 2 bridgehead atoms. The number of azide groups is 1. The molecule has 1 heterocycles. The number of thiophene rings is 1. The van der Waals surface area contributed by atoms with Gasteiger partial charge in [0.15, 0.2) is 0 Å². The van der Waals surface area contributed by atoms with E-state index in [1.165, 1.54) is 74.6 Å². The lowest BCUT2D eigenvalue weighted by molar-refractivity contribution is 0.0999. The molecule has 1 fully saturated rings. The number of hydrogen-bond acceptors (Lipinski definition) is 2. The van der Waals surface area contributed by atoms with Crippen LogP contribution in [0.15, 0.2) is 10.5 Å². The highest BCUT2D eigenvalue weighted by molar-refractivity contribution is 7.10. The summed E-state index contributed by atoms with van der Waals surface area (Å²) in [5.74, 6) is 1.14. The number of nitrogens with zero attached hydrogens (tertiary/aromatic N) is 3. The van der Waals surface area contributed by atoms with Crippen LogP contribution < -0.4 is 0 Å². The molecular formula is C19H27N3OS. The molecule has 1 amide bonds. The average molecular weight is 346 g/mol. The van der Waals surface area contributed by atoms with Crippen molar-refractivity contribution in [1.82, 2.24) is 0 Å². The molecule has 0 saturated heterocycles. The van der Waals surface area contributed by atoms with Gasteiger partial charge in [-0.25, -0.2) is 0 Å². The molecule has 4 nitrogen and oxygen atoms in total. The molecule has 0 radical (unpaired) electrons. The molecular weight excluding hydrogens is 318 g/mol. The second-order valence-corrected chi connectivity index (χ2v) is 8.41. The first kappa shape index (κ1) is 17.5. The Hall–Kier alpha value is -1.32. The Morgan fingerprint density at radius 3 is 2.54 bits per heavy atom. The molecule has 2 aliphatic carbocycles. The summed E-state index contributed by atoms with van der Waals surface area (Å²) in [5.41, 5.74) is 10.4. The molecule has 2 atom stereocenters. The smallest absolute Gasteiger partial charge is 0.250 e. The van der Waals surface area contributed by atoms with E-state index in [1.807, 2.05) is 5.38 Å². The van der Waals surface area contributed by atoms with Crippen LogP contribution in [0.3, 0.4) is 0 Å². The van der Waals surface area contributed by atoms with Gasteiger partial charge in [-0.05, 0) is 53.7 Å². The Balaban J connectivity index is 1.87. The van der Waals surface area contributed by atoms with Crippen LogP contribution in [0, 0.1) is 11.8 Å². The fourth-order valence-electron chi connectivity index (χ4n) is 4.40. The van der Waals surface area contributed by atoms with Gasteiger partial charge in [0.1, 0.15) is 0 Å². The van der Waals surface area contributed by atoms with Crippen LogP contribution in [0.25, 0.3) is 10.4 Å². The van der Waals surface area contributed by atoms with Crippen LogP contribution in [0.2, 0.25) is 0 Å². The van der Waals surface area contributed by atoms with Gasteiger partial charge in [0.25, 0.3) is 0 Å². The minimum Gasteiger partial charge on any atom is -0.287 e. The first-order chi connectivity index (χ1) is 11.8. The number of fused-ring (bicyclic) bond motifs is 4. The molecule has 1 saturated carbocycles. The molecule has 5 heteroatoms. The summed E-state index contributed by atoms with van der Waals surface area (Å²) in [5, 5.41) is 5.26. The monoisotopic (exact) mass is 345 g/mol. The normalized spacial score (nSPS) is 25.3. The fraction of sp³-hybridized carbons (Fsp3) is 0.737. The van der Waals surface area contributed by atoms with E-state index in [4.69, 9.17) is 5.53 Å². The number of carbonyl (C=O) groups excluding carboxylic acids is 1. The molecule has 1 aromatic heterocycles. The molecule has 0 spiro atoms. The Bertz CT molecular complexity index is 618. The summed E-state index contributed by atoms with van der Waals surface area (Å²) in [6, 6.07) is 0. The maximum atomic E-state index is 12.1. The predicted molar refractivity (Wildman–Crippen MR) is 98.4 cm³/mol. The molecule has 2 unspecified atom stereocenters. The van der Waals surface area contributed by atoms with E-state index in [-0.39, 0.29) is 0 Å². The number of hydrogen-bond donors (Lipinski definition) is 0. The van der Waals surface area contributed by atoms with Crippen molar-refractivity contribution in [2.24, 2.45) is 17.0 Å². The van der Waals surface area contributed by atoms with Crippen LogP contribution in [0.1, 0.15) is 85.0 Å². The van der Waals surface area contributed by atoms with Crippen molar-refractivity contribution in [3.63, 3.8) is 0 Å². The Morgan fingerprint density at radius 1 is 1.04 bits per heavy atom. The molecule has 1 aromatic rings. The van der Waals surface area contributed by atoms with Gasteiger partial charge in [-0.15, -0.1) is 11.3 Å². The number of rotatable bonds is 1. The SMILES string of the molecule is [N-]=[N+]=NC(=O)c1csc2c1CCC1CCCCCCCC(CC1)C2. The summed E-state index contributed by atoms with van der Waals surface area (Å²) in [6.07, 6.45) is 15.5. The van der Waals surface area contributed by atoms with Gasteiger partial charge in [-0.2, -0.15) is 0 Å². The van der Waals surface area contributed by atoms with Crippen molar-refractivity contribution in [3.05, 3.63) is 31.8 Å². The fourth-order valence-corrected chi connectivity index (χ4v) is 5.59. The van der Waals surface area contributed by atoms with E-state index in [0.717, 1.165) is 24.7 Å². The second-order valence-electron chi connectivity index (χ2n) is 7.44. The van der Waals surface area contributed by atoms with Crippen LogP contribution in [-0.2, 0) is 12.8 Å². The third kappa shape index (κ3) is 4.40. The highest BCUT2D eigenvalue weighted by Gasteiger charge is 2.24. The third-order valence-corrected chi connectivity index (χ3v) is 6.88. The van der Waals surface area contributed by atoms with E-state index in [9.17, 15) is 4.79 Å². The largest absolute Gasteiger partial charge is 0.287 e. The summed E-state index contributed by atoms with van der Waals surface area (Å²) in [4.78, 5) is 16.2. The molecule has 2 aliphatic rings. The van der Waals surface area contributed by atoms with Gasteiger partial charge >= 0.3 is 0 Å². The quantitative estimate of drug-likeness (QED) is 0.328. The van der Waals surface area contributed by atoms with E-state index in [0.29, 0.717) is 5.56 Å². The van der Waals surface area contributed by atoms with Gasteiger partial charge in [-0.3, -0.25) is 4.79 Å². The summed E-state index contributed by atoms with van der Waals surface area (Å²) >= 11 is 1.70. The minimum atomic E-state index is -0.400. The lowest BCUT2D eigenvalue weighted by Gasteiger charge is -2.18. The zero-order chi connectivity index (χ0) is 16.8. The van der Waals surface area contributed by atoms with Gasteiger partial charge in [0.2, 0.25) is 5.91 Å². The zero-order valence-corrected chi connectivity index (χ0v) is 15.2. The van der Waals surface area contributed by atoms with E-state index < -0.39 is 5.91 Å². The minimum absolute atomic E-state index is 0.400. The molecule has 130 valence electrons. The average Bonchev–Trinajstić information content (AvgIpc) is 2.97. The van der Waals surface area contributed by atoms with Gasteiger partial charge in [0.05, 0.1) is 0 Å². The van der Waals surface area contributed by atoms with E-state index >= 15 is 0 Å². The van der Waals surface area contributed by atoms with Crippen molar-refractivity contribution >= 4 is 17.2 Å². The number of carbonyl (C=O) groups is 1. The van der Waals surface area contributed by atoms with Crippen molar-refractivity contribution in [1.29, 1.82) is 0 Å². The summed E-state index contributed by atoms with van der Waals surface area (Å²) in [7, 11) is 0. The zero-order valence-electron chi connectivity index (χ0n) is 14.4. The first-order valence-corrected chi connectivity index (χ1v) is 10.3. The molecule has 0 aliphatic heterocycles. The van der Waals surface area contributed by atoms with Crippen molar-refractivity contribution in [2.45, 2.75) is 77.0 Å². The van der Waals surface area contributed by atoms with E-state index in [2.05, 4.69) is 10.0 Å². The Labute approximate surface area is 148 Å². The third-order valence-electron chi connectivity index (χ3n) is 5.83. The van der Waals surface area contributed by atoms with Crippen LogP contribution in [-0.4, -0.2) is 5.91 Å². The lowest BCUT2D eigenvalue weighted by atomic mass is 9.88. The van der Waals surface area contributed by atoms with Crippen LogP contribution in [0.5, 0.6) is 0 Å². The van der Waals surface area contributed by atoms with Crippen LogP contribution in [0.4, 0.5) is 0 Å². The van der Waals surface area contributed by atoms with Crippen molar-refractivity contribution in [2.75, 3.05) is 0 Å².